The predicted octanol–water partition coefficient (Wildman–Crippen LogP) is 4.70. The van der Waals surface area contributed by atoms with E-state index in [-0.39, 0.29) is 18.4 Å². The minimum absolute atomic E-state index is 0.00625. The van der Waals surface area contributed by atoms with E-state index >= 15 is 0 Å². The van der Waals surface area contributed by atoms with Gasteiger partial charge in [-0.1, -0.05) is 43.1 Å². The number of hydrogen-bond acceptors (Lipinski definition) is 2. The van der Waals surface area contributed by atoms with Gasteiger partial charge >= 0.3 is 6.16 Å². The van der Waals surface area contributed by atoms with Crippen molar-refractivity contribution in [2.75, 3.05) is 0 Å². The fraction of sp³-hybridized carbons (Fsp3) is 0.529. The van der Waals surface area contributed by atoms with Crippen molar-refractivity contribution in [1.29, 1.82) is 0 Å². The minimum Gasteiger partial charge on any atom is -0.450 e. The zero-order chi connectivity index (χ0) is 18.3. The third kappa shape index (κ3) is 6.97. The van der Waals surface area contributed by atoms with E-state index in [0.29, 0.717) is 21.5 Å². The molecule has 0 spiro atoms. The van der Waals surface area contributed by atoms with Crippen LogP contribution in [-0.4, -0.2) is 28.3 Å². The van der Waals surface area contributed by atoms with Crippen molar-refractivity contribution in [2.24, 2.45) is 11.8 Å². The number of halogens is 2. The van der Waals surface area contributed by atoms with Crippen LogP contribution < -0.4 is 5.32 Å². The molecule has 5 nitrogen and oxygen atoms in total. The second kappa shape index (κ2) is 9.74. The summed E-state index contributed by atoms with van der Waals surface area (Å²) in [6, 6.07) is 5.60. The number of carbonyl (C=O) groups is 2. The Bertz CT molecular complexity index is 555. The normalized spacial score (nSPS) is 22.9. The van der Waals surface area contributed by atoms with Gasteiger partial charge in [0.05, 0.1) is 6.42 Å². The van der Waals surface area contributed by atoms with Gasteiger partial charge < -0.3 is 15.5 Å². The van der Waals surface area contributed by atoms with Crippen LogP contribution in [-0.2, 0) is 11.2 Å². The summed E-state index contributed by atoms with van der Waals surface area (Å²) in [6.07, 6.45) is 1.72. The second-order valence-electron chi connectivity index (χ2n) is 6.19. The van der Waals surface area contributed by atoms with Gasteiger partial charge in [0.15, 0.2) is 0 Å². The number of nitrogens with one attached hydrogen (secondary N) is 1. The Morgan fingerprint density at radius 1 is 1.12 bits per heavy atom. The molecule has 1 fully saturated rings. The molecule has 1 amide bonds. The van der Waals surface area contributed by atoms with Crippen LogP contribution >= 0.6 is 23.2 Å². The van der Waals surface area contributed by atoms with Crippen LogP contribution in [0.1, 0.15) is 38.7 Å². The van der Waals surface area contributed by atoms with Crippen LogP contribution in [0.4, 0.5) is 4.79 Å². The van der Waals surface area contributed by atoms with E-state index in [2.05, 4.69) is 19.2 Å². The average Bonchev–Trinajstić information content (AvgIpc) is 2.46. The van der Waals surface area contributed by atoms with Crippen LogP contribution in [0.2, 0.25) is 10.0 Å². The summed E-state index contributed by atoms with van der Waals surface area (Å²) >= 11 is 12.2. The Labute approximate surface area is 152 Å². The highest BCUT2D eigenvalue weighted by Crippen LogP contribution is 2.29. The molecule has 3 unspecified atom stereocenters. The maximum atomic E-state index is 12.1. The summed E-state index contributed by atoms with van der Waals surface area (Å²) < 4.78 is 0. The number of amides is 1. The first-order chi connectivity index (χ1) is 11.2. The molecule has 0 saturated heterocycles. The zero-order valence-corrected chi connectivity index (χ0v) is 15.3. The highest BCUT2D eigenvalue weighted by molar-refractivity contribution is 6.36. The van der Waals surface area contributed by atoms with Crippen molar-refractivity contribution >= 4 is 35.3 Å². The summed E-state index contributed by atoms with van der Waals surface area (Å²) in [7, 11) is 0. The second-order valence-corrected chi connectivity index (χ2v) is 7.01. The lowest BCUT2D eigenvalue weighted by molar-refractivity contribution is -0.121. The summed E-state index contributed by atoms with van der Waals surface area (Å²) in [4.78, 5) is 20.7. The molecule has 2 rings (SSSR count). The predicted molar refractivity (Wildman–Crippen MR) is 94.9 cm³/mol. The Morgan fingerprint density at radius 2 is 1.67 bits per heavy atom. The molecular formula is C17H23Cl2NO4. The maximum Gasteiger partial charge on any atom is 0.503 e. The highest BCUT2D eigenvalue weighted by Gasteiger charge is 2.25. The smallest absolute Gasteiger partial charge is 0.450 e. The van der Waals surface area contributed by atoms with E-state index in [0.717, 1.165) is 18.8 Å². The lowest BCUT2D eigenvalue weighted by atomic mass is 9.79. The molecule has 0 radical (unpaired) electrons. The van der Waals surface area contributed by atoms with Crippen LogP contribution in [0.5, 0.6) is 0 Å². The number of hydrogen-bond donors (Lipinski definition) is 3. The van der Waals surface area contributed by atoms with E-state index in [4.69, 9.17) is 38.2 Å². The first kappa shape index (κ1) is 20.6. The number of benzene rings is 1. The molecule has 0 aliphatic heterocycles. The number of carbonyl (C=O) groups excluding carboxylic acids is 1. The van der Waals surface area contributed by atoms with Gasteiger partial charge in [-0.05, 0) is 48.8 Å². The molecule has 0 aromatic heterocycles. The Morgan fingerprint density at radius 3 is 2.17 bits per heavy atom. The SMILES string of the molecule is CC1CCC(NC(=O)Cc2c(Cl)cccc2Cl)CC1C.O=C(O)O. The van der Waals surface area contributed by atoms with E-state index in [1.807, 2.05) is 0 Å². The van der Waals surface area contributed by atoms with E-state index < -0.39 is 6.16 Å². The van der Waals surface area contributed by atoms with E-state index in [9.17, 15) is 4.79 Å². The zero-order valence-electron chi connectivity index (χ0n) is 13.8. The van der Waals surface area contributed by atoms with Crippen molar-refractivity contribution in [1.82, 2.24) is 5.32 Å². The maximum absolute atomic E-state index is 12.1. The third-order valence-electron chi connectivity index (χ3n) is 4.36. The van der Waals surface area contributed by atoms with Crippen molar-refractivity contribution in [3.05, 3.63) is 33.8 Å². The summed E-state index contributed by atoms with van der Waals surface area (Å²) in [5, 5.41) is 18.2. The van der Waals surface area contributed by atoms with Gasteiger partial charge in [0.2, 0.25) is 5.91 Å². The van der Waals surface area contributed by atoms with Gasteiger partial charge in [0.25, 0.3) is 0 Å². The average molecular weight is 376 g/mol. The molecule has 1 aliphatic rings. The topological polar surface area (TPSA) is 86.6 Å². The number of carboxylic acid groups (broad SMARTS) is 2. The molecule has 3 atom stereocenters. The molecule has 1 saturated carbocycles. The van der Waals surface area contributed by atoms with Crippen molar-refractivity contribution in [3.63, 3.8) is 0 Å². The Kier molecular flexibility index (Phi) is 8.36. The first-order valence-electron chi connectivity index (χ1n) is 7.84. The van der Waals surface area contributed by atoms with Gasteiger partial charge in [-0.15, -0.1) is 0 Å². The van der Waals surface area contributed by atoms with E-state index in [1.165, 1.54) is 6.42 Å². The van der Waals surface area contributed by atoms with E-state index in [1.54, 1.807) is 18.2 Å². The van der Waals surface area contributed by atoms with Gasteiger partial charge in [0.1, 0.15) is 0 Å². The first-order valence-corrected chi connectivity index (χ1v) is 8.60. The Hall–Kier alpha value is -1.46. The quantitative estimate of drug-likeness (QED) is 0.714. The largest absolute Gasteiger partial charge is 0.503 e. The molecule has 134 valence electrons. The van der Waals surface area contributed by atoms with Crippen LogP contribution in [0.3, 0.4) is 0 Å². The monoisotopic (exact) mass is 375 g/mol. The molecule has 0 bridgehead atoms. The molecule has 1 aromatic carbocycles. The lowest BCUT2D eigenvalue weighted by Crippen LogP contribution is -2.40. The van der Waals surface area contributed by atoms with Gasteiger partial charge in [-0.3, -0.25) is 4.79 Å². The summed E-state index contributed by atoms with van der Waals surface area (Å²) in [5.74, 6) is 1.42. The molecule has 0 heterocycles. The van der Waals surface area contributed by atoms with Crippen molar-refractivity contribution in [3.8, 4) is 0 Å². The van der Waals surface area contributed by atoms with Crippen molar-refractivity contribution in [2.45, 2.75) is 45.6 Å². The molecule has 1 aromatic rings. The summed E-state index contributed by atoms with van der Waals surface area (Å²) in [6.45, 7) is 4.54. The Balaban J connectivity index is 0.000000648. The van der Waals surface area contributed by atoms with Crippen LogP contribution in [0, 0.1) is 11.8 Å². The lowest BCUT2D eigenvalue weighted by Gasteiger charge is -2.32. The summed E-state index contributed by atoms with van der Waals surface area (Å²) in [5.41, 5.74) is 0.713. The fourth-order valence-electron chi connectivity index (χ4n) is 2.82. The third-order valence-corrected chi connectivity index (χ3v) is 5.07. The minimum atomic E-state index is -1.83. The van der Waals surface area contributed by atoms with Crippen LogP contribution in [0.25, 0.3) is 0 Å². The number of rotatable bonds is 3. The van der Waals surface area contributed by atoms with Gasteiger partial charge in [0, 0.05) is 16.1 Å². The molecule has 7 heteroatoms. The molecule has 3 N–H and O–H groups in total. The molecular weight excluding hydrogens is 353 g/mol. The van der Waals surface area contributed by atoms with Crippen molar-refractivity contribution < 1.29 is 19.8 Å². The standard InChI is InChI=1S/C16H21Cl2NO.CH2O3/c1-10-6-7-12(8-11(10)2)19-16(20)9-13-14(17)4-3-5-15(13)18;2-1(3)4/h3-5,10-12H,6-9H2,1-2H3,(H,19,20);(H2,2,3,4). The van der Waals surface area contributed by atoms with Gasteiger partial charge in [-0.25, -0.2) is 4.79 Å². The highest BCUT2D eigenvalue weighted by atomic mass is 35.5. The molecule has 24 heavy (non-hydrogen) atoms. The fourth-order valence-corrected chi connectivity index (χ4v) is 3.35. The van der Waals surface area contributed by atoms with Gasteiger partial charge in [-0.2, -0.15) is 0 Å². The molecule has 1 aliphatic carbocycles. The van der Waals surface area contributed by atoms with Crippen LogP contribution in [0.15, 0.2) is 18.2 Å².